The Bertz CT molecular complexity index is 304. The second kappa shape index (κ2) is 15.8. The molecule has 0 aromatic heterocycles. The standard InChI is InChI=1S/C18H34O5/c1-3-5-7-8-9-10-11-13-17(20)22-15-16(14-19)23-18(21)12-6-4-2/h16,19H,3-15H2,1-2H3. The maximum atomic E-state index is 11.6. The van der Waals surface area contributed by atoms with E-state index in [9.17, 15) is 9.59 Å². The number of hydrogen-bond acceptors (Lipinski definition) is 5. The van der Waals surface area contributed by atoms with Gasteiger partial charge in [-0.3, -0.25) is 9.59 Å². The lowest BCUT2D eigenvalue weighted by atomic mass is 10.1. The van der Waals surface area contributed by atoms with Gasteiger partial charge in [0.2, 0.25) is 0 Å². The topological polar surface area (TPSA) is 72.8 Å². The van der Waals surface area contributed by atoms with Crippen LogP contribution in [0.25, 0.3) is 0 Å². The summed E-state index contributed by atoms with van der Waals surface area (Å²) in [4.78, 5) is 23.1. The van der Waals surface area contributed by atoms with Gasteiger partial charge in [0.15, 0.2) is 6.10 Å². The molecule has 5 nitrogen and oxygen atoms in total. The van der Waals surface area contributed by atoms with Gasteiger partial charge in [-0.1, -0.05) is 58.8 Å². The Hall–Kier alpha value is -1.10. The van der Waals surface area contributed by atoms with Gasteiger partial charge in [0.05, 0.1) is 6.61 Å². The molecule has 0 saturated heterocycles. The zero-order valence-electron chi connectivity index (χ0n) is 14.8. The van der Waals surface area contributed by atoms with Crippen LogP contribution < -0.4 is 0 Å². The third-order valence-corrected chi connectivity index (χ3v) is 3.65. The fourth-order valence-electron chi connectivity index (χ4n) is 2.17. The highest BCUT2D eigenvalue weighted by Gasteiger charge is 2.15. The monoisotopic (exact) mass is 330 g/mol. The van der Waals surface area contributed by atoms with Gasteiger partial charge in [-0.05, 0) is 12.8 Å². The van der Waals surface area contributed by atoms with Gasteiger partial charge in [-0.15, -0.1) is 0 Å². The van der Waals surface area contributed by atoms with Gasteiger partial charge in [0.25, 0.3) is 0 Å². The SMILES string of the molecule is CCCCCCCCCC(=O)OCC(CO)OC(=O)CCCC. The highest BCUT2D eigenvalue weighted by Crippen LogP contribution is 2.09. The number of rotatable bonds is 15. The van der Waals surface area contributed by atoms with Crippen molar-refractivity contribution in [2.75, 3.05) is 13.2 Å². The largest absolute Gasteiger partial charge is 0.462 e. The molecule has 1 atom stereocenters. The minimum absolute atomic E-state index is 0.0658. The van der Waals surface area contributed by atoms with Crippen LogP contribution in [-0.4, -0.2) is 36.4 Å². The van der Waals surface area contributed by atoms with E-state index >= 15 is 0 Å². The second-order valence-electron chi connectivity index (χ2n) is 5.95. The number of aliphatic hydroxyl groups excluding tert-OH is 1. The van der Waals surface area contributed by atoms with E-state index in [-0.39, 0.29) is 25.2 Å². The Morgan fingerprint density at radius 2 is 1.39 bits per heavy atom. The van der Waals surface area contributed by atoms with Crippen LogP contribution in [0.5, 0.6) is 0 Å². The number of carbonyl (C=O) groups excluding carboxylic acids is 2. The summed E-state index contributed by atoms with van der Waals surface area (Å²) in [5.74, 6) is -0.643. The lowest BCUT2D eigenvalue weighted by molar-refractivity contribution is -0.161. The molecule has 0 saturated carbocycles. The van der Waals surface area contributed by atoms with Gasteiger partial charge in [0, 0.05) is 12.8 Å². The van der Waals surface area contributed by atoms with Crippen molar-refractivity contribution in [2.45, 2.75) is 90.6 Å². The number of esters is 2. The van der Waals surface area contributed by atoms with E-state index in [4.69, 9.17) is 14.6 Å². The Kier molecular flexibility index (Phi) is 15.0. The number of ether oxygens (including phenoxy) is 2. The average Bonchev–Trinajstić information content (AvgIpc) is 2.55. The molecule has 1 unspecified atom stereocenters. The zero-order valence-corrected chi connectivity index (χ0v) is 14.8. The first-order valence-electron chi connectivity index (χ1n) is 9.09. The summed E-state index contributed by atoms with van der Waals surface area (Å²) in [7, 11) is 0. The first kappa shape index (κ1) is 21.9. The molecule has 0 rings (SSSR count). The summed E-state index contributed by atoms with van der Waals surface area (Å²) in [6, 6.07) is 0. The molecule has 0 aliphatic rings. The van der Waals surface area contributed by atoms with E-state index < -0.39 is 6.10 Å². The van der Waals surface area contributed by atoms with Crippen LogP contribution in [0.4, 0.5) is 0 Å². The molecule has 0 bridgehead atoms. The van der Waals surface area contributed by atoms with Crippen LogP contribution in [0.2, 0.25) is 0 Å². The van der Waals surface area contributed by atoms with E-state index in [1.54, 1.807) is 0 Å². The normalized spacial score (nSPS) is 12.0. The van der Waals surface area contributed by atoms with Gasteiger partial charge in [-0.25, -0.2) is 0 Å². The van der Waals surface area contributed by atoms with Crippen molar-refractivity contribution in [1.82, 2.24) is 0 Å². The van der Waals surface area contributed by atoms with Crippen LogP contribution in [0.3, 0.4) is 0 Å². The van der Waals surface area contributed by atoms with Crippen molar-refractivity contribution < 1.29 is 24.2 Å². The molecule has 0 aromatic carbocycles. The van der Waals surface area contributed by atoms with Crippen LogP contribution in [0.15, 0.2) is 0 Å². The van der Waals surface area contributed by atoms with Crippen LogP contribution in [0, 0.1) is 0 Å². The molecule has 0 radical (unpaired) electrons. The highest BCUT2D eigenvalue weighted by atomic mass is 16.6. The number of aliphatic hydroxyl groups is 1. The smallest absolute Gasteiger partial charge is 0.306 e. The molecule has 1 N–H and O–H groups in total. The highest BCUT2D eigenvalue weighted by molar-refractivity contribution is 5.70. The Balaban J connectivity index is 3.66. The Morgan fingerprint density at radius 3 is 2.00 bits per heavy atom. The summed E-state index contributed by atoms with van der Waals surface area (Å²) in [5, 5.41) is 9.16. The van der Waals surface area contributed by atoms with Crippen LogP contribution in [0.1, 0.15) is 84.5 Å². The molecule has 0 fully saturated rings. The fraction of sp³-hybridized carbons (Fsp3) is 0.889. The average molecular weight is 330 g/mol. The Labute approximate surface area is 140 Å². The molecule has 23 heavy (non-hydrogen) atoms. The molecule has 0 spiro atoms. The Morgan fingerprint density at radius 1 is 0.826 bits per heavy atom. The molecule has 136 valence electrons. The van der Waals surface area contributed by atoms with Crippen molar-refractivity contribution in [1.29, 1.82) is 0 Å². The first-order chi connectivity index (χ1) is 11.1. The van der Waals surface area contributed by atoms with Crippen LogP contribution in [-0.2, 0) is 19.1 Å². The number of unbranched alkanes of at least 4 members (excludes halogenated alkanes) is 7. The van der Waals surface area contributed by atoms with E-state index in [2.05, 4.69) is 6.92 Å². The summed E-state index contributed by atoms with van der Waals surface area (Å²) in [6.45, 7) is 3.78. The molecular formula is C18H34O5. The molecule has 0 aromatic rings. The summed E-state index contributed by atoms with van der Waals surface area (Å²) < 4.78 is 10.1. The maximum Gasteiger partial charge on any atom is 0.306 e. The predicted octanol–water partition coefficient (Wildman–Crippen LogP) is 3.76. The molecule has 0 amide bonds. The lowest BCUT2D eigenvalue weighted by Crippen LogP contribution is -2.28. The van der Waals surface area contributed by atoms with Gasteiger partial charge in [0.1, 0.15) is 6.61 Å². The summed E-state index contributed by atoms with van der Waals surface area (Å²) >= 11 is 0. The molecule has 5 heteroatoms. The van der Waals surface area contributed by atoms with Crippen molar-refractivity contribution >= 4 is 11.9 Å². The van der Waals surface area contributed by atoms with Crippen molar-refractivity contribution in [3.8, 4) is 0 Å². The molecule has 0 aliphatic carbocycles. The van der Waals surface area contributed by atoms with E-state index in [0.29, 0.717) is 12.8 Å². The molecule has 0 heterocycles. The lowest BCUT2D eigenvalue weighted by Gasteiger charge is -2.15. The van der Waals surface area contributed by atoms with Gasteiger partial charge in [-0.2, -0.15) is 0 Å². The van der Waals surface area contributed by atoms with E-state index in [1.807, 2.05) is 6.92 Å². The van der Waals surface area contributed by atoms with Crippen LogP contribution >= 0.6 is 0 Å². The van der Waals surface area contributed by atoms with Gasteiger partial charge >= 0.3 is 11.9 Å². The van der Waals surface area contributed by atoms with E-state index in [0.717, 1.165) is 32.1 Å². The second-order valence-corrected chi connectivity index (χ2v) is 5.95. The van der Waals surface area contributed by atoms with Crippen molar-refractivity contribution in [2.24, 2.45) is 0 Å². The zero-order chi connectivity index (χ0) is 17.3. The predicted molar refractivity (Wildman–Crippen MR) is 90.1 cm³/mol. The maximum absolute atomic E-state index is 11.6. The fourth-order valence-corrected chi connectivity index (χ4v) is 2.17. The first-order valence-corrected chi connectivity index (χ1v) is 9.09. The number of carbonyl (C=O) groups is 2. The van der Waals surface area contributed by atoms with Gasteiger partial charge < -0.3 is 14.6 Å². The third-order valence-electron chi connectivity index (χ3n) is 3.65. The summed E-state index contributed by atoms with van der Waals surface area (Å²) in [6.07, 6.45) is 9.66. The number of hydrogen-bond donors (Lipinski definition) is 1. The van der Waals surface area contributed by atoms with Crippen molar-refractivity contribution in [3.63, 3.8) is 0 Å². The minimum Gasteiger partial charge on any atom is -0.462 e. The molecular weight excluding hydrogens is 296 g/mol. The minimum atomic E-state index is -0.752. The van der Waals surface area contributed by atoms with E-state index in [1.165, 1.54) is 25.7 Å². The van der Waals surface area contributed by atoms with Crippen molar-refractivity contribution in [3.05, 3.63) is 0 Å². The quantitative estimate of drug-likeness (QED) is 0.365. The molecule has 0 aliphatic heterocycles. The third kappa shape index (κ3) is 14.2. The summed E-state index contributed by atoms with van der Waals surface area (Å²) in [5.41, 5.74) is 0.